The predicted octanol–water partition coefficient (Wildman–Crippen LogP) is 14.1. The van der Waals surface area contributed by atoms with Crippen LogP contribution in [-0.2, 0) is 69.9 Å². The molecule has 1 N–H and O–H groups in total. The Morgan fingerprint density at radius 2 is 0.765 bits per heavy atom. The summed E-state index contributed by atoms with van der Waals surface area (Å²) in [6, 6.07) is 79.0. The van der Waals surface area contributed by atoms with E-state index in [1.165, 1.54) is 0 Å². The minimum Gasteiger partial charge on any atom is -0.489 e. The maximum absolute atomic E-state index is 13.4. The van der Waals surface area contributed by atoms with Gasteiger partial charge < -0.3 is 52.5 Å². The molecule has 2 aliphatic heterocycles. The van der Waals surface area contributed by atoms with Gasteiger partial charge in [-0.1, -0.05) is 218 Å². The van der Waals surface area contributed by atoms with Crippen LogP contribution in [0.5, 0.6) is 28.7 Å². The second-order valence-corrected chi connectivity index (χ2v) is 20.2. The first-order chi connectivity index (χ1) is 40.0. The van der Waals surface area contributed by atoms with Crippen molar-refractivity contribution in [3.8, 4) is 28.7 Å². The van der Waals surface area contributed by atoms with Crippen molar-refractivity contribution < 1.29 is 52.5 Å². The standard InChI is InChI=1S/C70H66O11/c1-49-65(76-46-54-31-17-6-18-32-54)68(77-47-55-33-19-7-20-34-55)69(78-48-56-35-21-8-22-36-56)70(79-49)81-67-64(71)63-61(75-45-53-29-15-5-16-30-53)40-58(72-42-50-23-9-2-10-24-50)41-62(63)80-66(67)57-37-38-59(73-43-51-25-11-3-12-26-51)60(39-57)74-44-52-27-13-4-14-28-52/h2-41,49,64-71H,42-48H2,1H3/t49?,64-,65-,66+,67-,68?,69?,70-/m0/s1. The van der Waals surface area contributed by atoms with Gasteiger partial charge in [-0.15, -0.1) is 0 Å². The van der Waals surface area contributed by atoms with Crippen LogP contribution in [0.15, 0.2) is 243 Å². The van der Waals surface area contributed by atoms with Gasteiger partial charge in [0.1, 0.15) is 74.2 Å². The summed E-state index contributed by atoms with van der Waals surface area (Å²) in [5.41, 5.74) is 7.82. The maximum Gasteiger partial charge on any atom is 0.187 e. The molecule has 2 aliphatic rings. The Morgan fingerprint density at radius 3 is 1.23 bits per heavy atom. The molecule has 0 radical (unpaired) electrons. The van der Waals surface area contributed by atoms with E-state index in [0.29, 0.717) is 53.1 Å². The lowest BCUT2D eigenvalue weighted by atomic mass is 9.90. The average molecular weight is 1080 g/mol. The van der Waals surface area contributed by atoms with Gasteiger partial charge in [-0.2, -0.15) is 0 Å². The molecule has 11 nitrogen and oxygen atoms in total. The topological polar surface area (TPSA) is 113 Å². The monoisotopic (exact) mass is 1080 g/mol. The molecular formula is C70H66O11. The highest BCUT2D eigenvalue weighted by Gasteiger charge is 2.51. The molecule has 9 aromatic rings. The van der Waals surface area contributed by atoms with Crippen LogP contribution in [0.4, 0.5) is 0 Å². The van der Waals surface area contributed by atoms with E-state index in [-0.39, 0.29) is 33.0 Å². The van der Waals surface area contributed by atoms with E-state index >= 15 is 0 Å². The molecule has 0 amide bonds. The lowest BCUT2D eigenvalue weighted by Crippen LogP contribution is -2.61. The highest BCUT2D eigenvalue weighted by atomic mass is 16.7. The molecule has 0 aromatic heterocycles. The van der Waals surface area contributed by atoms with Crippen molar-refractivity contribution >= 4 is 0 Å². The summed E-state index contributed by atoms with van der Waals surface area (Å²) < 4.78 is 68.8. The number of benzene rings is 9. The molecule has 3 unspecified atom stereocenters. The quantitative estimate of drug-likeness (QED) is 0.0624. The molecule has 2 heterocycles. The molecule has 1 saturated heterocycles. The number of aliphatic hydroxyl groups excluding tert-OH is 1. The molecular weight excluding hydrogens is 1020 g/mol. The summed E-state index contributed by atoms with van der Waals surface area (Å²) in [4.78, 5) is 0. The van der Waals surface area contributed by atoms with Crippen LogP contribution in [0.1, 0.15) is 69.2 Å². The lowest BCUT2D eigenvalue weighted by molar-refractivity contribution is -0.340. The number of rotatable bonds is 24. The molecule has 9 aromatic carbocycles. The van der Waals surface area contributed by atoms with Crippen LogP contribution in [0.2, 0.25) is 0 Å². The normalized spacial score (nSPS) is 20.3. The lowest BCUT2D eigenvalue weighted by Gasteiger charge is -2.47. The second-order valence-electron chi connectivity index (χ2n) is 20.2. The van der Waals surface area contributed by atoms with Gasteiger partial charge in [-0.3, -0.25) is 0 Å². The first kappa shape index (κ1) is 54.7. The fourth-order valence-electron chi connectivity index (χ4n) is 10.1. The van der Waals surface area contributed by atoms with Gasteiger partial charge in [0.2, 0.25) is 0 Å². The van der Waals surface area contributed by atoms with E-state index in [9.17, 15) is 5.11 Å². The van der Waals surface area contributed by atoms with Crippen molar-refractivity contribution in [2.45, 2.75) is 102 Å². The maximum atomic E-state index is 13.4. The molecule has 0 aliphatic carbocycles. The summed E-state index contributed by atoms with van der Waals surface area (Å²) in [6.07, 6.45) is -7.51. The highest BCUT2D eigenvalue weighted by molar-refractivity contribution is 5.55. The van der Waals surface area contributed by atoms with Gasteiger partial charge in [0.25, 0.3) is 0 Å². The summed E-state index contributed by atoms with van der Waals surface area (Å²) in [7, 11) is 0. The van der Waals surface area contributed by atoms with Crippen molar-refractivity contribution in [3.63, 3.8) is 0 Å². The van der Waals surface area contributed by atoms with Crippen LogP contribution >= 0.6 is 0 Å². The van der Waals surface area contributed by atoms with Crippen molar-refractivity contribution in [2.24, 2.45) is 0 Å². The summed E-state index contributed by atoms with van der Waals surface area (Å²) in [5.74, 6) is 2.20. The van der Waals surface area contributed by atoms with Gasteiger partial charge in [0, 0.05) is 12.1 Å². The number of fused-ring (bicyclic) bond motifs is 1. The molecule has 0 saturated carbocycles. The summed E-state index contributed by atoms with van der Waals surface area (Å²) in [5, 5.41) is 13.4. The summed E-state index contributed by atoms with van der Waals surface area (Å²) >= 11 is 0. The molecule has 8 atom stereocenters. The van der Waals surface area contributed by atoms with Crippen LogP contribution in [0.3, 0.4) is 0 Å². The van der Waals surface area contributed by atoms with E-state index in [0.717, 1.165) is 38.9 Å². The van der Waals surface area contributed by atoms with Crippen molar-refractivity contribution in [3.05, 3.63) is 293 Å². The highest BCUT2D eigenvalue weighted by Crippen LogP contribution is 2.51. The van der Waals surface area contributed by atoms with E-state index in [1.54, 1.807) is 12.1 Å². The van der Waals surface area contributed by atoms with E-state index < -0.39 is 49.0 Å². The molecule has 11 heteroatoms. The molecule has 81 heavy (non-hydrogen) atoms. The second kappa shape index (κ2) is 27.3. The zero-order chi connectivity index (χ0) is 55.0. The fraction of sp³-hybridized carbons (Fsp3) is 0.229. The third-order valence-electron chi connectivity index (χ3n) is 14.4. The Hall–Kier alpha value is -8.26. The van der Waals surface area contributed by atoms with Crippen molar-refractivity contribution in [1.29, 1.82) is 0 Å². The number of ether oxygens (including phenoxy) is 10. The van der Waals surface area contributed by atoms with Gasteiger partial charge >= 0.3 is 0 Å². The number of hydrogen-bond acceptors (Lipinski definition) is 11. The van der Waals surface area contributed by atoms with Crippen LogP contribution in [0, 0.1) is 0 Å². The van der Waals surface area contributed by atoms with E-state index in [2.05, 4.69) is 0 Å². The zero-order valence-corrected chi connectivity index (χ0v) is 45.2. The van der Waals surface area contributed by atoms with Crippen LogP contribution in [-0.4, -0.2) is 41.9 Å². The predicted molar refractivity (Wildman–Crippen MR) is 309 cm³/mol. The Bertz CT molecular complexity index is 3320. The van der Waals surface area contributed by atoms with Gasteiger partial charge in [0.05, 0.1) is 31.5 Å². The van der Waals surface area contributed by atoms with Crippen LogP contribution < -0.4 is 23.7 Å². The van der Waals surface area contributed by atoms with Gasteiger partial charge in [0.15, 0.2) is 23.9 Å². The first-order valence-corrected chi connectivity index (χ1v) is 27.6. The smallest absolute Gasteiger partial charge is 0.187 e. The Labute approximate surface area is 474 Å². The summed E-state index contributed by atoms with van der Waals surface area (Å²) in [6.45, 7) is 3.77. The minimum atomic E-state index is -1.38. The fourth-order valence-corrected chi connectivity index (χ4v) is 10.1. The molecule has 412 valence electrons. The average Bonchev–Trinajstić information content (AvgIpc) is 3.52. The van der Waals surface area contributed by atoms with Crippen molar-refractivity contribution in [1.82, 2.24) is 0 Å². The van der Waals surface area contributed by atoms with Crippen LogP contribution in [0.25, 0.3) is 0 Å². The first-order valence-electron chi connectivity index (χ1n) is 27.6. The minimum absolute atomic E-state index is 0.200. The molecule has 0 spiro atoms. The Balaban J connectivity index is 1.00. The number of hydrogen-bond donors (Lipinski definition) is 1. The molecule has 0 bridgehead atoms. The SMILES string of the molecule is CC1O[C@@H](O[C@@H]2[C@@H](c3ccc(OCc4ccccc4)c(OCc4ccccc4)c3)Oc3cc(OCc4ccccc4)cc(OCc4ccccc4)c3[C@@H]2O)C(OCc2ccccc2)C(OCc2ccccc2)[C@H]1OCc1ccccc1. The largest absolute Gasteiger partial charge is 0.489 e. The zero-order valence-electron chi connectivity index (χ0n) is 45.2. The third-order valence-corrected chi connectivity index (χ3v) is 14.4. The molecule has 11 rings (SSSR count). The van der Waals surface area contributed by atoms with Gasteiger partial charge in [-0.25, -0.2) is 0 Å². The Kier molecular flexibility index (Phi) is 18.4. The van der Waals surface area contributed by atoms with Gasteiger partial charge in [-0.05, 0) is 63.6 Å². The Morgan fingerprint density at radius 1 is 0.370 bits per heavy atom. The third kappa shape index (κ3) is 14.4. The molecule has 1 fully saturated rings. The number of aliphatic hydroxyl groups is 1. The van der Waals surface area contributed by atoms with E-state index in [1.807, 2.05) is 237 Å². The van der Waals surface area contributed by atoms with E-state index in [4.69, 9.17) is 47.4 Å². The van der Waals surface area contributed by atoms with Crippen molar-refractivity contribution in [2.75, 3.05) is 0 Å².